The van der Waals surface area contributed by atoms with Gasteiger partial charge in [0.1, 0.15) is 11.6 Å². The second-order valence-electron chi connectivity index (χ2n) is 4.50. The van der Waals surface area contributed by atoms with Gasteiger partial charge in [-0.25, -0.2) is 4.98 Å². The Morgan fingerprint density at radius 2 is 2.05 bits per heavy atom. The molecule has 0 aliphatic rings. The summed E-state index contributed by atoms with van der Waals surface area (Å²) in [5.41, 5.74) is 8.69. The predicted molar refractivity (Wildman–Crippen MR) is 81.5 cm³/mol. The second kappa shape index (κ2) is 5.32. The van der Waals surface area contributed by atoms with E-state index < -0.39 is 0 Å². The molecule has 0 fully saturated rings. The van der Waals surface area contributed by atoms with E-state index in [9.17, 15) is 0 Å². The number of methoxy groups -OCH3 is 1. The van der Waals surface area contributed by atoms with Crippen LogP contribution < -0.4 is 15.2 Å². The number of nitrogen functional groups attached to an aromatic ring is 1. The van der Waals surface area contributed by atoms with Crippen LogP contribution in [-0.4, -0.2) is 28.7 Å². The minimum Gasteiger partial charge on any atom is -0.496 e. The van der Waals surface area contributed by atoms with Crippen molar-refractivity contribution in [3.8, 4) is 23.0 Å². The number of hydrogen-bond acceptors (Lipinski definition) is 5. The fourth-order valence-electron chi connectivity index (χ4n) is 2.13. The predicted octanol–water partition coefficient (Wildman–Crippen LogP) is 2.61. The number of ether oxygens (including phenoxy) is 2. The van der Waals surface area contributed by atoms with E-state index in [1.165, 1.54) is 0 Å². The molecule has 108 valence electrons. The Bertz CT molecular complexity index is 782. The van der Waals surface area contributed by atoms with E-state index in [2.05, 4.69) is 15.0 Å². The summed E-state index contributed by atoms with van der Waals surface area (Å²) in [5.74, 6) is 1.91. The SMILES string of the molecule is CCOc1ccc2[nH]c(-c3ccc(N)cc3OC)nc2n1. The number of nitrogens with zero attached hydrogens (tertiary/aromatic N) is 2. The number of aromatic nitrogens is 3. The molecule has 6 nitrogen and oxygen atoms in total. The number of rotatable bonds is 4. The Morgan fingerprint density at radius 3 is 2.81 bits per heavy atom. The molecule has 0 aliphatic carbocycles. The largest absolute Gasteiger partial charge is 0.496 e. The Morgan fingerprint density at radius 1 is 1.19 bits per heavy atom. The van der Waals surface area contributed by atoms with Crippen molar-refractivity contribution < 1.29 is 9.47 Å². The average Bonchev–Trinajstić information content (AvgIpc) is 2.90. The molecule has 0 amide bonds. The van der Waals surface area contributed by atoms with Gasteiger partial charge >= 0.3 is 0 Å². The number of nitrogens with two attached hydrogens (primary N) is 1. The van der Waals surface area contributed by atoms with Crippen molar-refractivity contribution in [3.05, 3.63) is 30.3 Å². The summed E-state index contributed by atoms with van der Waals surface area (Å²) in [6, 6.07) is 9.16. The summed E-state index contributed by atoms with van der Waals surface area (Å²) < 4.78 is 10.7. The van der Waals surface area contributed by atoms with Crippen LogP contribution in [0.5, 0.6) is 11.6 Å². The van der Waals surface area contributed by atoms with Gasteiger partial charge in [-0.1, -0.05) is 0 Å². The summed E-state index contributed by atoms with van der Waals surface area (Å²) >= 11 is 0. The molecule has 2 heterocycles. The number of imidazole rings is 1. The van der Waals surface area contributed by atoms with Crippen molar-refractivity contribution in [2.24, 2.45) is 0 Å². The van der Waals surface area contributed by atoms with Crippen molar-refractivity contribution in [1.82, 2.24) is 15.0 Å². The van der Waals surface area contributed by atoms with E-state index in [0.717, 1.165) is 11.1 Å². The van der Waals surface area contributed by atoms with E-state index >= 15 is 0 Å². The molecular weight excluding hydrogens is 268 g/mol. The highest BCUT2D eigenvalue weighted by Gasteiger charge is 2.12. The Kier molecular flexibility index (Phi) is 3.35. The molecule has 21 heavy (non-hydrogen) atoms. The fourth-order valence-corrected chi connectivity index (χ4v) is 2.13. The zero-order valence-corrected chi connectivity index (χ0v) is 11.9. The summed E-state index contributed by atoms with van der Waals surface area (Å²) in [6.07, 6.45) is 0. The van der Waals surface area contributed by atoms with Crippen molar-refractivity contribution >= 4 is 16.9 Å². The number of nitrogens with one attached hydrogen (secondary N) is 1. The number of H-pyrrole nitrogens is 1. The normalized spacial score (nSPS) is 10.8. The summed E-state index contributed by atoms with van der Waals surface area (Å²) in [5, 5.41) is 0. The number of benzene rings is 1. The first-order chi connectivity index (χ1) is 10.2. The minimum absolute atomic E-state index is 0.562. The first-order valence-corrected chi connectivity index (χ1v) is 6.64. The van der Waals surface area contributed by atoms with Gasteiger partial charge in [0.05, 0.1) is 24.8 Å². The molecule has 0 saturated heterocycles. The van der Waals surface area contributed by atoms with Crippen molar-refractivity contribution in [2.75, 3.05) is 19.5 Å². The van der Waals surface area contributed by atoms with Crippen molar-refractivity contribution in [3.63, 3.8) is 0 Å². The van der Waals surface area contributed by atoms with E-state index in [1.54, 1.807) is 13.2 Å². The van der Waals surface area contributed by atoms with E-state index in [-0.39, 0.29) is 0 Å². The molecule has 0 unspecified atom stereocenters. The maximum absolute atomic E-state index is 5.77. The lowest BCUT2D eigenvalue weighted by Gasteiger charge is -2.06. The molecule has 0 saturated carbocycles. The average molecular weight is 284 g/mol. The molecule has 0 bridgehead atoms. The first kappa shape index (κ1) is 13.2. The van der Waals surface area contributed by atoms with Gasteiger partial charge in [0.25, 0.3) is 0 Å². The summed E-state index contributed by atoms with van der Waals surface area (Å²) in [7, 11) is 1.60. The van der Waals surface area contributed by atoms with Crippen LogP contribution in [0.2, 0.25) is 0 Å². The number of hydrogen-bond donors (Lipinski definition) is 2. The quantitative estimate of drug-likeness (QED) is 0.719. The maximum atomic E-state index is 5.77. The third-order valence-corrected chi connectivity index (χ3v) is 3.09. The third kappa shape index (κ3) is 2.47. The van der Waals surface area contributed by atoms with Crippen LogP contribution in [0.15, 0.2) is 30.3 Å². The van der Waals surface area contributed by atoms with Gasteiger partial charge in [-0.15, -0.1) is 0 Å². The highest BCUT2D eigenvalue weighted by atomic mass is 16.5. The Balaban J connectivity index is 2.08. The molecule has 3 rings (SSSR count). The molecule has 3 aromatic rings. The van der Waals surface area contributed by atoms with Gasteiger partial charge in [0.2, 0.25) is 5.88 Å². The molecule has 0 aliphatic heterocycles. The number of aromatic amines is 1. The second-order valence-corrected chi connectivity index (χ2v) is 4.50. The Hall–Kier alpha value is -2.76. The maximum Gasteiger partial charge on any atom is 0.215 e. The zero-order valence-electron chi connectivity index (χ0n) is 11.9. The van der Waals surface area contributed by atoms with Crippen molar-refractivity contribution in [2.45, 2.75) is 6.92 Å². The third-order valence-electron chi connectivity index (χ3n) is 3.09. The lowest BCUT2D eigenvalue weighted by atomic mass is 10.1. The van der Waals surface area contributed by atoms with Crippen LogP contribution in [0.25, 0.3) is 22.6 Å². The lowest BCUT2D eigenvalue weighted by molar-refractivity contribution is 0.328. The highest BCUT2D eigenvalue weighted by Crippen LogP contribution is 2.31. The lowest BCUT2D eigenvalue weighted by Crippen LogP contribution is -1.93. The summed E-state index contributed by atoms with van der Waals surface area (Å²) in [4.78, 5) is 12.1. The van der Waals surface area contributed by atoms with Gasteiger partial charge in [0.15, 0.2) is 5.65 Å². The van der Waals surface area contributed by atoms with E-state index in [1.807, 2.05) is 31.2 Å². The zero-order chi connectivity index (χ0) is 14.8. The number of pyridine rings is 1. The highest BCUT2D eigenvalue weighted by molar-refractivity contribution is 5.78. The number of anilines is 1. The Labute approximate surface area is 121 Å². The van der Waals surface area contributed by atoms with Crippen molar-refractivity contribution in [1.29, 1.82) is 0 Å². The number of fused-ring (bicyclic) bond motifs is 1. The van der Waals surface area contributed by atoms with Gasteiger partial charge in [-0.05, 0) is 25.1 Å². The minimum atomic E-state index is 0.562. The van der Waals surface area contributed by atoms with Crippen LogP contribution >= 0.6 is 0 Å². The van der Waals surface area contributed by atoms with Gasteiger partial charge in [-0.3, -0.25) is 0 Å². The molecular formula is C15H16N4O2. The molecule has 2 aromatic heterocycles. The van der Waals surface area contributed by atoms with Crippen LogP contribution in [0.3, 0.4) is 0 Å². The standard InChI is InChI=1S/C15H16N4O2/c1-3-21-13-7-6-11-15(18-13)19-14(17-11)10-5-4-9(16)8-12(10)20-2/h4-8H,3,16H2,1-2H3,(H,17,18,19). The van der Waals surface area contributed by atoms with Gasteiger partial charge in [0, 0.05) is 17.8 Å². The van der Waals surface area contributed by atoms with Crippen LogP contribution in [-0.2, 0) is 0 Å². The van der Waals surface area contributed by atoms with Gasteiger partial charge < -0.3 is 20.2 Å². The molecule has 3 N–H and O–H groups in total. The van der Waals surface area contributed by atoms with Gasteiger partial charge in [-0.2, -0.15) is 4.98 Å². The smallest absolute Gasteiger partial charge is 0.215 e. The first-order valence-electron chi connectivity index (χ1n) is 6.64. The fraction of sp³-hybridized carbons (Fsp3) is 0.200. The molecule has 0 radical (unpaired) electrons. The van der Waals surface area contributed by atoms with E-state index in [4.69, 9.17) is 15.2 Å². The van der Waals surface area contributed by atoms with Crippen LogP contribution in [0.1, 0.15) is 6.92 Å². The molecule has 0 atom stereocenters. The van der Waals surface area contributed by atoms with E-state index in [0.29, 0.717) is 35.4 Å². The molecule has 1 aromatic carbocycles. The van der Waals surface area contributed by atoms with Crippen LogP contribution in [0, 0.1) is 0 Å². The van der Waals surface area contributed by atoms with Crippen LogP contribution in [0.4, 0.5) is 5.69 Å². The topological polar surface area (TPSA) is 86.0 Å². The molecule has 0 spiro atoms. The summed E-state index contributed by atoms with van der Waals surface area (Å²) in [6.45, 7) is 2.49. The molecule has 6 heteroatoms. The monoisotopic (exact) mass is 284 g/mol.